The molecule has 0 bridgehead atoms. The molecule has 0 unspecified atom stereocenters. The van der Waals surface area contributed by atoms with Crippen molar-refractivity contribution in [3.63, 3.8) is 0 Å². The molecular formula is C48H44O4S2. The van der Waals surface area contributed by atoms with Crippen molar-refractivity contribution in [3.8, 4) is 67.5 Å². The number of aromatic hydroxyl groups is 4. The van der Waals surface area contributed by atoms with Gasteiger partial charge in [-0.25, -0.2) is 0 Å². The van der Waals surface area contributed by atoms with Gasteiger partial charge < -0.3 is 20.4 Å². The molecule has 8 rings (SSSR count). The summed E-state index contributed by atoms with van der Waals surface area (Å²) < 4.78 is 0. The van der Waals surface area contributed by atoms with E-state index in [2.05, 4.69) is 0 Å². The molecule has 4 N–H and O–H groups in total. The van der Waals surface area contributed by atoms with Crippen LogP contribution in [0.1, 0.15) is 0 Å². The molecule has 8 aromatic carbocycles. The van der Waals surface area contributed by atoms with Gasteiger partial charge in [0.2, 0.25) is 0 Å². The summed E-state index contributed by atoms with van der Waals surface area (Å²) in [6, 6.07) is 68.8. The summed E-state index contributed by atoms with van der Waals surface area (Å²) in [5.74, 6) is 1.31. The second-order valence-electron chi connectivity index (χ2n) is 11.5. The standard InChI is InChI=1S/4C12H10O.2H2S/c4*13-12-9-5-4-8-11(12)10-6-2-1-3-7-10;;/h4*1-9,13H;2*1H2. The summed E-state index contributed by atoms with van der Waals surface area (Å²) >= 11 is 0. The lowest BCUT2D eigenvalue weighted by Crippen LogP contribution is -1.76. The summed E-state index contributed by atoms with van der Waals surface area (Å²) in [4.78, 5) is 0. The van der Waals surface area contributed by atoms with Crippen LogP contribution in [0.15, 0.2) is 218 Å². The Balaban J connectivity index is 0.000000191. The van der Waals surface area contributed by atoms with E-state index in [0.29, 0.717) is 23.0 Å². The molecule has 0 spiro atoms. The highest BCUT2D eigenvalue weighted by Gasteiger charge is 2.03. The molecule has 0 saturated carbocycles. The number of hydrogen-bond donors (Lipinski definition) is 4. The Morgan fingerprint density at radius 2 is 0.333 bits per heavy atom. The first-order chi connectivity index (χ1) is 25.5. The second kappa shape index (κ2) is 22.6. The molecule has 0 aliphatic carbocycles. The van der Waals surface area contributed by atoms with Crippen molar-refractivity contribution in [1.82, 2.24) is 0 Å². The minimum Gasteiger partial charge on any atom is -0.507 e. The SMILES string of the molecule is Oc1ccccc1-c1ccccc1.Oc1ccccc1-c1ccccc1.Oc1ccccc1-c1ccccc1.Oc1ccccc1-c1ccccc1.S.S. The van der Waals surface area contributed by atoms with Gasteiger partial charge in [0.05, 0.1) is 0 Å². The fourth-order valence-electron chi connectivity index (χ4n) is 5.34. The zero-order chi connectivity index (χ0) is 36.4. The molecule has 0 heterocycles. The molecule has 4 nitrogen and oxygen atoms in total. The van der Waals surface area contributed by atoms with Gasteiger partial charge in [0.1, 0.15) is 23.0 Å². The quantitative estimate of drug-likeness (QED) is 0.144. The van der Waals surface area contributed by atoms with E-state index < -0.39 is 0 Å². The molecule has 272 valence electrons. The van der Waals surface area contributed by atoms with E-state index in [1.165, 1.54) is 0 Å². The zero-order valence-electron chi connectivity index (χ0n) is 29.6. The summed E-state index contributed by atoms with van der Waals surface area (Å²) in [5, 5.41) is 38.3. The Bertz CT molecular complexity index is 1910. The maximum Gasteiger partial charge on any atom is 0.123 e. The first-order valence-electron chi connectivity index (χ1n) is 16.8. The van der Waals surface area contributed by atoms with Crippen molar-refractivity contribution in [2.45, 2.75) is 0 Å². The van der Waals surface area contributed by atoms with Crippen molar-refractivity contribution in [2.24, 2.45) is 0 Å². The second-order valence-corrected chi connectivity index (χ2v) is 11.5. The van der Waals surface area contributed by atoms with Crippen LogP contribution in [-0.4, -0.2) is 20.4 Å². The Morgan fingerprint density at radius 1 is 0.185 bits per heavy atom. The molecule has 0 radical (unpaired) electrons. The van der Waals surface area contributed by atoms with Crippen LogP contribution < -0.4 is 0 Å². The van der Waals surface area contributed by atoms with E-state index in [9.17, 15) is 20.4 Å². The molecule has 54 heavy (non-hydrogen) atoms. The van der Waals surface area contributed by atoms with Gasteiger partial charge in [0.25, 0.3) is 0 Å². The maximum atomic E-state index is 9.56. The van der Waals surface area contributed by atoms with E-state index in [1.807, 2.05) is 194 Å². The third-order valence-corrected chi connectivity index (χ3v) is 7.96. The third kappa shape index (κ3) is 12.4. The Labute approximate surface area is 331 Å². The molecule has 6 heteroatoms. The Kier molecular flexibility index (Phi) is 17.6. The molecule has 8 aromatic rings. The van der Waals surface area contributed by atoms with Crippen LogP contribution in [0.5, 0.6) is 23.0 Å². The van der Waals surface area contributed by atoms with Gasteiger partial charge in [-0.2, -0.15) is 27.0 Å². The first-order valence-corrected chi connectivity index (χ1v) is 16.8. The third-order valence-electron chi connectivity index (χ3n) is 7.96. The van der Waals surface area contributed by atoms with Gasteiger partial charge in [-0.1, -0.05) is 194 Å². The maximum absolute atomic E-state index is 9.56. The smallest absolute Gasteiger partial charge is 0.123 e. The topological polar surface area (TPSA) is 80.9 Å². The van der Waals surface area contributed by atoms with Crippen molar-refractivity contribution in [1.29, 1.82) is 0 Å². The molecular weight excluding hydrogens is 705 g/mol. The lowest BCUT2D eigenvalue weighted by molar-refractivity contribution is 0.477. The largest absolute Gasteiger partial charge is 0.507 e. The molecule has 0 saturated heterocycles. The number of benzene rings is 8. The minimum absolute atomic E-state index is 0. The fourth-order valence-corrected chi connectivity index (χ4v) is 5.34. The lowest BCUT2D eigenvalue weighted by atomic mass is 10.1. The van der Waals surface area contributed by atoms with Crippen molar-refractivity contribution in [3.05, 3.63) is 218 Å². The zero-order valence-corrected chi connectivity index (χ0v) is 31.6. The van der Waals surface area contributed by atoms with Crippen LogP contribution in [0.2, 0.25) is 0 Å². The molecule has 0 aliphatic rings. The molecule has 0 fully saturated rings. The normalized spacial score (nSPS) is 9.48. The summed E-state index contributed by atoms with van der Waals surface area (Å²) in [6.45, 7) is 0. The van der Waals surface area contributed by atoms with E-state index in [1.54, 1.807) is 24.3 Å². The lowest BCUT2D eigenvalue weighted by Gasteiger charge is -2.02. The van der Waals surface area contributed by atoms with Crippen LogP contribution in [0.25, 0.3) is 44.5 Å². The average Bonchev–Trinajstić information content (AvgIpc) is 3.21. The van der Waals surface area contributed by atoms with Gasteiger partial charge >= 0.3 is 0 Å². The number of phenolic OH excluding ortho intramolecular Hbond substituents is 4. The predicted octanol–water partition coefficient (Wildman–Crippen LogP) is 12.5. The van der Waals surface area contributed by atoms with E-state index in [4.69, 9.17) is 0 Å². The van der Waals surface area contributed by atoms with Gasteiger partial charge in [0, 0.05) is 22.3 Å². The van der Waals surface area contributed by atoms with Gasteiger partial charge in [-0.05, 0) is 46.5 Å². The highest BCUT2D eigenvalue weighted by atomic mass is 32.1. The van der Waals surface area contributed by atoms with Gasteiger partial charge in [-0.15, -0.1) is 0 Å². The van der Waals surface area contributed by atoms with Crippen molar-refractivity contribution < 1.29 is 20.4 Å². The monoisotopic (exact) mass is 748 g/mol. The Hall–Kier alpha value is -6.34. The number of phenols is 4. The van der Waals surface area contributed by atoms with Crippen molar-refractivity contribution in [2.75, 3.05) is 0 Å². The Morgan fingerprint density at radius 3 is 0.500 bits per heavy atom. The fraction of sp³-hybridized carbons (Fsp3) is 0. The molecule has 0 amide bonds. The predicted molar refractivity (Wildman–Crippen MR) is 235 cm³/mol. The molecule has 0 aromatic heterocycles. The van der Waals surface area contributed by atoms with Crippen LogP contribution in [0.4, 0.5) is 0 Å². The number of para-hydroxylation sites is 4. The van der Waals surface area contributed by atoms with E-state index in [0.717, 1.165) is 44.5 Å². The minimum atomic E-state index is 0. The number of rotatable bonds is 4. The van der Waals surface area contributed by atoms with Crippen LogP contribution in [0, 0.1) is 0 Å². The van der Waals surface area contributed by atoms with Crippen molar-refractivity contribution >= 4 is 27.0 Å². The highest BCUT2D eigenvalue weighted by molar-refractivity contribution is 7.59. The van der Waals surface area contributed by atoms with E-state index in [-0.39, 0.29) is 27.0 Å². The molecule has 0 aliphatic heterocycles. The van der Waals surface area contributed by atoms with Gasteiger partial charge in [-0.3, -0.25) is 0 Å². The average molecular weight is 749 g/mol. The molecule has 0 atom stereocenters. The van der Waals surface area contributed by atoms with Crippen LogP contribution >= 0.6 is 27.0 Å². The number of hydrogen-bond acceptors (Lipinski definition) is 4. The van der Waals surface area contributed by atoms with Crippen LogP contribution in [0.3, 0.4) is 0 Å². The summed E-state index contributed by atoms with van der Waals surface area (Å²) in [7, 11) is 0. The van der Waals surface area contributed by atoms with Crippen LogP contribution in [-0.2, 0) is 0 Å². The first kappa shape index (κ1) is 42.1. The van der Waals surface area contributed by atoms with Gasteiger partial charge in [0.15, 0.2) is 0 Å². The van der Waals surface area contributed by atoms with E-state index >= 15 is 0 Å². The summed E-state index contributed by atoms with van der Waals surface area (Å²) in [6.07, 6.45) is 0. The highest BCUT2D eigenvalue weighted by Crippen LogP contribution is 2.30. The summed E-state index contributed by atoms with van der Waals surface area (Å²) in [5.41, 5.74) is 7.68.